The lowest BCUT2D eigenvalue weighted by atomic mass is 9.81. The van der Waals surface area contributed by atoms with Crippen molar-refractivity contribution in [3.05, 3.63) is 22.2 Å². The maximum Gasteiger partial charge on any atom is 0.304 e. The van der Waals surface area contributed by atoms with E-state index in [0.717, 1.165) is 10.0 Å². The van der Waals surface area contributed by atoms with Gasteiger partial charge in [0.2, 0.25) is 0 Å². The number of hydrogen-bond donors (Lipinski definition) is 1. The topological polar surface area (TPSA) is 55.8 Å². The van der Waals surface area contributed by atoms with Gasteiger partial charge in [0, 0.05) is 9.89 Å². The van der Waals surface area contributed by atoms with E-state index >= 15 is 0 Å². The summed E-state index contributed by atoms with van der Waals surface area (Å²) in [5, 5.41) is 9.03. The molecule has 20 heavy (non-hydrogen) atoms. The highest BCUT2D eigenvalue weighted by Crippen LogP contribution is 2.40. The van der Waals surface area contributed by atoms with Crippen LogP contribution in [0.4, 0.5) is 0 Å². The number of hydrogen-bond acceptors (Lipinski definition) is 3. The third-order valence-electron chi connectivity index (χ3n) is 2.94. The van der Waals surface area contributed by atoms with E-state index < -0.39 is 11.4 Å². The van der Waals surface area contributed by atoms with E-state index in [1.807, 2.05) is 39.8 Å². The first-order chi connectivity index (χ1) is 9.17. The van der Waals surface area contributed by atoms with Crippen LogP contribution in [0.25, 0.3) is 0 Å². The van der Waals surface area contributed by atoms with E-state index in [2.05, 4.69) is 15.9 Å². The predicted molar refractivity (Wildman–Crippen MR) is 81.7 cm³/mol. The van der Waals surface area contributed by atoms with Crippen molar-refractivity contribution >= 4 is 21.9 Å². The van der Waals surface area contributed by atoms with Crippen LogP contribution in [-0.4, -0.2) is 24.3 Å². The van der Waals surface area contributed by atoms with Crippen molar-refractivity contribution in [1.82, 2.24) is 0 Å². The zero-order valence-corrected chi connectivity index (χ0v) is 14.1. The van der Waals surface area contributed by atoms with Crippen molar-refractivity contribution in [3.8, 4) is 11.5 Å². The largest absolute Gasteiger partial charge is 0.493 e. The van der Waals surface area contributed by atoms with Gasteiger partial charge in [0.05, 0.1) is 19.6 Å². The van der Waals surface area contributed by atoms with Crippen LogP contribution in [0.2, 0.25) is 0 Å². The number of aliphatic carboxylic acids is 1. The first kappa shape index (κ1) is 16.8. The quantitative estimate of drug-likeness (QED) is 0.847. The number of benzene rings is 1. The van der Waals surface area contributed by atoms with Gasteiger partial charge in [-0.1, -0.05) is 29.8 Å². The molecule has 112 valence electrons. The molecule has 0 unspecified atom stereocenters. The van der Waals surface area contributed by atoms with Gasteiger partial charge in [-0.3, -0.25) is 4.79 Å². The lowest BCUT2D eigenvalue weighted by Gasteiger charge is -2.26. The van der Waals surface area contributed by atoms with Crippen molar-refractivity contribution in [2.24, 2.45) is 0 Å². The second-order valence-corrected chi connectivity index (χ2v) is 6.46. The first-order valence-corrected chi connectivity index (χ1v) is 7.23. The van der Waals surface area contributed by atoms with Gasteiger partial charge in [0.15, 0.2) is 11.5 Å². The van der Waals surface area contributed by atoms with Crippen LogP contribution in [0, 0.1) is 0 Å². The minimum atomic E-state index is -0.830. The normalized spacial score (nSPS) is 11.6. The van der Waals surface area contributed by atoms with E-state index in [-0.39, 0.29) is 12.5 Å². The lowest BCUT2D eigenvalue weighted by molar-refractivity contribution is -0.138. The highest BCUT2D eigenvalue weighted by Gasteiger charge is 2.28. The zero-order chi connectivity index (χ0) is 15.5. The molecule has 1 aromatic rings. The second-order valence-electron chi connectivity index (χ2n) is 5.60. The molecule has 0 aliphatic rings. The first-order valence-electron chi connectivity index (χ1n) is 6.44. The second kappa shape index (κ2) is 6.48. The average Bonchev–Trinajstić information content (AvgIpc) is 2.26. The van der Waals surface area contributed by atoms with Crippen molar-refractivity contribution < 1.29 is 19.4 Å². The van der Waals surface area contributed by atoms with Gasteiger partial charge in [0.25, 0.3) is 0 Å². The van der Waals surface area contributed by atoms with Crippen molar-refractivity contribution in [2.45, 2.75) is 45.6 Å². The molecule has 1 rings (SSSR count). The van der Waals surface area contributed by atoms with E-state index in [4.69, 9.17) is 14.6 Å². The molecule has 0 amide bonds. The maximum absolute atomic E-state index is 11.0. The van der Waals surface area contributed by atoms with E-state index in [9.17, 15) is 4.79 Å². The summed E-state index contributed by atoms with van der Waals surface area (Å²) in [6.45, 7) is 7.67. The monoisotopic (exact) mass is 344 g/mol. The van der Waals surface area contributed by atoms with E-state index in [1.165, 1.54) is 0 Å². The Morgan fingerprint density at radius 3 is 2.40 bits per heavy atom. The number of carboxylic acid groups (broad SMARTS) is 1. The molecule has 0 saturated carbocycles. The van der Waals surface area contributed by atoms with Crippen LogP contribution in [0.5, 0.6) is 11.5 Å². The Bertz CT molecular complexity index is 495. The Morgan fingerprint density at radius 1 is 1.35 bits per heavy atom. The fraction of sp³-hybridized carbons (Fsp3) is 0.533. The van der Waals surface area contributed by atoms with Gasteiger partial charge in [-0.15, -0.1) is 0 Å². The molecule has 1 N–H and O–H groups in total. The number of halogens is 1. The molecule has 0 bridgehead atoms. The van der Waals surface area contributed by atoms with E-state index in [0.29, 0.717) is 11.5 Å². The molecule has 0 aromatic heterocycles. The standard InChI is InChI=1S/C15H21BrO4/c1-9(2)20-13-7-11(16)10(6-12(13)19-5)15(3,4)8-14(17)18/h6-7,9H,8H2,1-5H3,(H,17,18). The van der Waals surface area contributed by atoms with Crippen molar-refractivity contribution in [3.63, 3.8) is 0 Å². The minimum Gasteiger partial charge on any atom is -0.493 e. The summed E-state index contributed by atoms with van der Waals surface area (Å²) in [4.78, 5) is 11.0. The highest BCUT2D eigenvalue weighted by molar-refractivity contribution is 9.10. The van der Waals surface area contributed by atoms with Crippen LogP contribution in [0.3, 0.4) is 0 Å². The predicted octanol–water partition coefficient (Wildman–Crippen LogP) is 4.00. The summed E-state index contributed by atoms with van der Waals surface area (Å²) in [7, 11) is 1.57. The summed E-state index contributed by atoms with van der Waals surface area (Å²) < 4.78 is 11.9. The number of carboxylic acids is 1. The number of carbonyl (C=O) groups is 1. The van der Waals surface area contributed by atoms with Gasteiger partial charge in [0.1, 0.15) is 0 Å². The van der Waals surface area contributed by atoms with Crippen LogP contribution in [0.1, 0.15) is 39.7 Å². The molecule has 0 saturated heterocycles. The van der Waals surface area contributed by atoms with Crippen molar-refractivity contribution in [1.29, 1.82) is 0 Å². The molecule has 0 radical (unpaired) electrons. The number of methoxy groups -OCH3 is 1. The Morgan fingerprint density at radius 2 is 1.95 bits per heavy atom. The molecule has 4 nitrogen and oxygen atoms in total. The van der Waals surface area contributed by atoms with Gasteiger partial charge in [-0.2, -0.15) is 0 Å². The molecule has 0 fully saturated rings. The smallest absolute Gasteiger partial charge is 0.304 e. The third-order valence-corrected chi connectivity index (χ3v) is 3.59. The molecular weight excluding hydrogens is 324 g/mol. The fourth-order valence-corrected chi connectivity index (χ4v) is 2.89. The fourth-order valence-electron chi connectivity index (χ4n) is 2.03. The molecule has 0 heterocycles. The summed E-state index contributed by atoms with van der Waals surface area (Å²) in [6, 6.07) is 3.67. The molecule has 0 aliphatic carbocycles. The van der Waals surface area contributed by atoms with Crippen molar-refractivity contribution in [2.75, 3.05) is 7.11 Å². The molecule has 0 aliphatic heterocycles. The number of ether oxygens (including phenoxy) is 2. The van der Waals surface area contributed by atoms with Gasteiger partial charge < -0.3 is 14.6 Å². The lowest BCUT2D eigenvalue weighted by Crippen LogP contribution is -2.22. The van der Waals surface area contributed by atoms with Gasteiger partial charge in [-0.25, -0.2) is 0 Å². The van der Waals surface area contributed by atoms with Crippen LogP contribution < -0.4 is 9.47 Å². The van der Waals surface area contributed by atoms with Gasteiger partial charge in [-0.05, 0) is 31.5 Å². The SMILES string of the molecule is COc1cc(C(C)(C)CC(=O)O)c(Br)cc1OC(C)C. The zero-order valence-electron chi connectivity index (χ0n) is 12.5. The summed E-state index contributed by atoms with van der Waals surface area (Å²) >= 11 is 3.50. The minimum absolute atomic E-state index is 0.0358. The summed E-state index contributed by atoms with van der Waals surface area (Å²) in [5.74, 6) is 0.419. The average molecular weight is 345 g/mol. The molecule has 1 aromatic carbocycles. The van der Waals surface area contributed by atoms with Gasteiger partial charge >= 0.3 is 5.97 Å². The Hall–Kier alpha value is -1.23. The van der Waals surface area contributed by atoms with Crippen LogP contribution in [-0.2, 0) is 10.2 Å². The summed E-state index contributed by atoms with van der Waals surface area (Å²) in [6.07, 6.45) is 0.0766. The highest BCUT2D eigenvalue weighted by atomic mass is 79.9. The number of rotatable bonds is 6. The van der Waals surface area contributed by atoms with Crippen LogP contribution >= 0.6 is 15.9 Å². The summed E-state index contributed by atoms with van der Waals surface area (Å²) in [5.41, 5.74) is 0.377. The van der Waals surface area contributed by atoms with E-state index in [1.54, 1.807) is 7.11 Å². The maximum atomic E-state index is 11.0. The Labute approximate surface area is 128 Å². The molecule has 0 spiro atoms. The molecule has 0 atom stereocenters. The van der Waals surface area contributed by atoms with Crippen LogP contribution in [0.15, 0.2) is 16.6 Å². The third kappa shape index (κ3) is 4.13. The molecule has 5 heteroatoms. The Balaban J connectivity index is 3.26. The molecular formula is C15H21BrO4. The Kier molecular flexibility index (Phi) is 5.45.